The van der Waals surface area contributed by atoms with Gasteiger partial charge in [0.2, 0.25) is 0 Å². The van der Waals surface area contributed by atoms with Gasteiger partial charge in [0, 0.05) is 31.2 Å². The summed E-state index contributed by atoms with van der Waals surface area (Å²) in [4.78, 5) is 5.28. The molecule has 2 saturated heterocycles. The fourth-order valence-corrected chi connectivity index (χ4v) is 4.37. The third-order valence-electron chi connectivity index (χ3n) is 5.66. The molecule has 0 bridgehead atoms. The van der Waals surface area contributed by atoms with Crippen molar-refractivity contribution in [3.8, 4) is 0 Å². The quantitative estimate of drug-likeness (QED) is 0.769. The molecule has 4 atom stereocenters. The molecule has 0 aromatic carbocycles. The smallest absolute Gasteiger partial charge is 0.0746 e. The molecule has 2 aliphatic heterocycles. The van der Waals surface area contributed by atoms with Crippen molar-refractivity contribution in [3.63, 3.8) is 0 Å². The maximum Gasteiger partial charge on any atom is 0.0746 e. The van der Waals surface area contributed by atoms with Crippen LogP contribution in [-0.4, -0.2) is 58.8 Å². The normalized spacial score (nSPS) is 45.3. The SMILES string of the molecule is CC1CN2CCCC2CN1C1CCC(C)(C)C1O. The van der Waals surface area contributed by atoms with Gasteiger partial charge < -0.3 is 5.11 Å². The van der Waals surface area contributed by atoms with Crippen LogP contribution in [-0.2, 0) is 0 Å². The van der Waals surface area contributed by atoms with Crippen molar-refractivity contribution in [2.75, 3.05) is 19.6 Å². The van der Waals surface area contributed by atoms with Gasteiger partial charge >= 0.3 is 0 Å². The molecule has 0 amide bonds. The van der Waals surface area contributed by atoms with Gasteiger partial charge in [0.05, 0.1) is 6.10 Å². The van der Waals surface area contributed by atoms with Crippen LogP contribution in [0.15, 0.2) is 0 Å². The van der Waals surface area contributed by atoms with Crippen molar-refractivity contribution < 1.29 is 5.11 Å². The fraction of sp³-hybridized carbons (Fsp3) is 1.00. The van der Waals surface area contributed by atoms with E-state index >= 15 is 0 Å². The Bertz CT molecular complexity index is 318. The first-order valence-corrected chi connectivity index (χ1v) is 7.67. The lowest BCUT2D eigenvalue weighted by molar-refractivity contribution is -0.0342. The molecule has 2 heterocycles. The predicted molar refractivity (Wildman–Crippen MR) is 73.6 cm³/mol. The second-order valence-corrected chi connectivity index (χ2v) is 7.38. The molecule has 104 valence electrons. The topological polar surface area (TPSA) is 26.7 Å². The highest BCUT2D eigenvalue weighted by atomic mass is 16.3. The van der Waals surface area contributed by atoms with Crippen LogP contribution in [0, 0.1) is 5.41 Å². The molecule has 1 aliphatic carbocycles. The van der Waals surface area contributed by atoms with Crippen LogP contribution in [0.2, 0.25) is 0 Å². The maximum absolute atomic E-state index is 10.6. The summed E-state index contributed by atoms with van der Waals surface area (Å²) in [6.07, 6.45) is 4.91. The molecule has 3 fully saturated rings. The van der Waals surface area contributed by atoms with Gasteiger partial charge in [0.15, 0.2) is 0 Å². The van der Waals surface area contributed by atoms with Crippen molar-refractivity contribution in [1.82, 2.24) is 9.80 Å². The summed E-state index contributed by atoms with van der Waals surface area (Å²) < 4.78 is 0. The Kier molecular flexibility index (Phi) is 3.20. The highest BCUT2D eigenvalue weighted by Gasteiger charge is 2.47. The van der Waals surface area contributed by atoms with Crippen LogP contribution >= 0.6 is 0 Å². The van der Waals surface area contributed by atoms with Crippen molar-refractivity contribution in [3.05, 3.63) is 0 Å². The van der Waals surface area contributed by atoms with Gasteiger partial charge in [-0.2, -0.15) is 0 Å². The molecular weight excluding hydrogens is 224 g/mol. The fourth-order valence-electron chi connectivity index (χ4n) is 4.37. The Morgan fingerprint density at radius 1 is 1.17 bits per heavy atom. The molecule has 0 aromatic heterocycles. The number of aliphatic hydroxyl groups excluding tert-OH is 1. The largest absolute Gasteiger partial charge is 0.391 e. The molecule has 3 heteroatoms. The van der Waals surface area contributed by atoms with E-state index in [1.807, 2.05) is 0 Å². The van der Waals surface area contributed by atoms with E-state index < -0.39 is 0 Å². The van der Waals surface area contributed by atoms with Gasteiger partial charge in [0.1, 0.15) is 0 Å². The Hall–Kier alpha value is -0.120. The van der Waals surface area contributed by atoms with Crippen LogP contribution < -0.4 is 0 Å². The molecule has 0 aromatic rings. The standard InChI is InChI=1S/C15H28N2O/c1-11-9-16-8-4-5-12(16)10-17(11)13-6-7-15(2,3)14(13)18/h11-14,18H,4-10H2,1-3H3. The van der Waals surface area contributed by atoms with E-state index in [-0.39, 0.29) is 11.5 Å². The number of rotatable bonds is 1. The van der Waals surface area contributed by atoms with Crippen LogP contribution in [0.4, 0.5) is 0 Å². The van der Waals surface area contributed by atoms with Gasteiger partial charge in [0.25, 0.3) is 0 Å². The maximum atomic E-state index is 10.6. The summed E-state index contributed by atoms with van der Waals surface area (Å²) in [5.74, 6) is 0. The van der Waals surface area contributed by atoms with Crippen molar-refractivity contribution in [2.24, 2.45) is 5.41 Å². The van der Waals surface area contributed by atoms with E-state index in [1.165, 1.54) is 38.9 Å². The lowest BCUT2D eigenvalue weighted by Gasteiger charge is -2.46. The number of fused-ring (bicyclic) bond motifs is 1. The number of aliphatic hydroxyl groups is 1. The molecule has 4 unspecified atom stereocenters. The minimum atomic E-state index is -0.145. The summed E-state index contributed by atoms with van der Waals surface area (Å²) in [6, 6.07) is 1.77. The molecule has 0 spiro atoms. The number of piperazine rings is 1. The zero-order chi connectivity index (χ0) is 12.9. The number of hydrogen-bond donors (Lipinski definition) is 1. The molecule has 18 heavy (non-hydrogen) atoms. The van der Waals surface area contributed by atoms with E-state index in [4.69, 9.17) is 0 Å². The minimum Gasteiger partial charge on any atom is -0.391 e. The summed E-state index contributed by atoms with van der Waals surface area (Å²) in [5.41, 5.74) is 0.108. The average Bonchev–Trinajstić information content (AvgIpc) is 2.84. The highest BCUT2D eigenvalue weighted by molar-refractivity contribution is 5.01. The van der Waals surface area contributed by atoms with E-state index in [1.54, 1.807) is 0 Å². The van der Waals surface area contributed by atoms with Gasteiger partial charge in [-0.15, -0.1) is 0 Å². The molecule has 3 aliphatic rings. The van der Waals surface area contributed by atoms with Crippen LogP contribution in [0.1, 0.15) is 46.5 Å². The predicted octanol–water partition coefficient (Wildman–Crippen LogP) is 1.70. The van der Waals surface area contributed by atoms with Crippen molar-refractivity contribution in [1.29, 1.82) is 0 Å². The Labute approximate surface area is 111 Å². The van der Waals surface area contributed by atoms with E-state index in [2.05, 4.69) is 30.6 Å². The lowest BCUT2D eigenvalue weighted by Crippen LogP contribution is -2.60. The number of nitrogens with zero attached hydrogens (tertiary/aromatic N) is 2. The molecule has 1 N–H and O–H groups in total. The van der Waals surface area contributed by atoms with Gasteiger partial charge in [-0.25, -0.2) is 0 Å². The highest BCUT2D eigenvalue weighted by Crippen LogP contribution is 2.41. The first-order valence-electron chi connectivity index (χ1n) is 7.67. The van der Waals surface area contributed by atoms with E-state index in [0.29, 0.717) is 12.1 Å². The summed E-state index contributed by atoms with van der Waals surface area (Å²) in [6.45, 7) is 10.4. The third kappa shape index (κ3) is 2.00. The van der Waals surface area contributed by atoms with Gasteiger partial charge in [-0.05, 0) is 44.6 Å². The summed E-state index contributed by atoms with van der Waals surface area (Å²) in [7, 11) is 0. The van der Waals surface area contributed by atoms with Gasteiger partial charge in [-0.1, -0.05) is 13.8 Å². The molecule has 3 rings (SSSR count). The second-order valence-electron chi connectivity index (χ2n) is 7.38. The van der Waals surface area contributed by atoms with Crippen molar-refractivity contribution >= 4 is 0 Å². The van der Waals surface area contributed by atoms with Crippen LogP contribution in [0.3, 0.4) is 0 Å². The molecular formula is C15H28N2O. The monoisotopic (exact) mass is 252 g/mol. The zero-order valence-electron chi connectivity index (χ0n) is 12.1. The minimum absolute atomic E-state index is 0.108. The third-order valence-corrected chi connectivity index (χ3v) is 5.66. The first-order chi connectivity index (χ1) is 8.49. The number of hydrogen-bond acceptors (Lipinski definition) is 3. The summed E-state index contributed by atoms with van der Waals surface area (Å²) in [5, 5.41) is 10.6. The van der Waals surface area contributed by atoms with Crippen molar-refractivity contribution in [2.45, 2.75) is 70.7 Å². The van der Waals surface area contributed by atoms with Gasteiger partial charge in [-0.3, -0.25) is 9.80 Å². The van der Waals surface area contributed by atoms with Crippen LogP contribution in [0.5, 0.6) is 0 Å². The van der Waals surface area contributed by atoms with Crippen LogP contribution in [0.25, 0.3) is 0 Å². The summed E-state index contributed by atoms with van der Waals surface area (Å²) >= 11 is 0. The second kappa shape index (κ2) is 4.46. The molecule has 1 saturated carbocycles. The lowest BCUT2D eigenvalue weighted by atomic mass is 9.88. The Morgan fingerprint density at radius 2 is 1.94 bits per heavy atom. The average molecular weight is 252 g/mol. The van der Waals surface area contributed by atoms with E-state index in [0.717, 1.165) is 12.5 Å². The van der Waals surface area contributed by atoms with E-state index in [9.17, 15) is 5.11 Å². The molecule has 0 radical (unpaired) electrons. The Morgan fingerprint density at radius 3 is 2.61 bits per heavy atom. The molecule has 3 nitrogen and oxygen atoms in total. The zero-order valence-corrected chi connectivity index (χ0v) is 12.1. The first kappa shape index (κ1) is 12.9. The Balaban J connectivity index is 1.72.